The van der Waals surface area contributed by atoms with Gasteiger partial charge in [-0.1, -0.05) is 48.2 Å². The lowest BCUT2D eigenvalue weighted by atomic mass is 9.71. The third-order valence-electron chi connectivity index (χ3n) is 16.0. The monoisotopic (exact) mass is 1450 g/mol. The molecule has 1 aromatic carbocycles. The van der Waals surface area contributed by atoms with Crippen molar-refractivity contribution in [3.63, 3.8) is 0 Å². The van der Waals surface area contributed by atoms with Crippen molar-refractivity contribution in [2.45, 2.75) is 108 Å². The first kappa shape index (κ1) is 71.8. The zero-order valence-corrected chi connectivity index (χ0v) is 56.0. The lowest BCUT2D eigenvalue weighted by molar-refractivity contribution is -0.0911. The molecule has 0 amide bonds. The van der Waals surface area contributed by atoms with Gasteiger partial charge in [0, 0.05) is 43.8 Å². The van der Waals surface area contributed by atoms with Crippen LogP contribution in [0.15, 0.2) is 159 Å². The predicted molar refractivity (Wildman–Crippen MR) is 355 cm³/mol. The number of piperidine rings is 2. The molecule has 11 rings (SSSR count). The summed E-state index contributed by atoms with van der Waals surface area (Å²) in [6.45, 7) is 16.6. The zero-order chi connectivity index (χ0) is 68.5. The Bertz CT molecular complexity index is 4270. The van der Waals surface area contributed by atoms with Gasteiger partial charge in [0.1, 0.15) is 25.7 Å². The fourth-order valence-corrected chi connectivity index (χ4v) is 11.3. The van der Waals surface area contributed by atoms with Crippen molar-refractivity contribution in [1.29, 1.82) is 0 Å². The van der Waals surface area contributed by atoms with E-state index in [1.165, 1.54) is 131 Å². The smallest absolute Gasteiger partial charge is 0.278 e. The molecule has 2 aliphatic heterocycles. The molecule has 2 saturated heterocycles. The van der Waals surface area contributed by atoms with E-state index in [-0.39, 0.29) is 81.1 Å². The number of carbonyl (C=O) groups excluding carboxylic acids is 1. The maximum atomic E-state index is 13.6. The van der Waals surface area contributed by atoms with Gasteiger partial charge in [0.15, 0.2) is 50.7 Å². The summed E-state index contributed by atoms with van der Waals surface area (Å²) in [6.07, 6.45) is 3.80. The summed E-state index contributed by atoms with van der Waals surface area (Å²) >= 11 is 7.50. The standard InChI is InChI=1S/C32H38F2N8O2.C17H17F2N5O2S.C8H8BrF2NO.C7H6BrNO/c1-4-16-41-28(43)24-21-35-30(38-27(24)42(41)26-7-5-6-25(37-26)31(2,44)29(33)34)36-22-8-10-23(11-9-22)40-19-14-32(15-20-40)12-17-39(3)18-13-32;1-4-8-23-14(25)10-9-20-16(27-3)22-13(10)24(23)12-7-5-6-11(21-12)17(2,26)15(18)19;1-8(13,7(10)11)5-3-2-4-6(9)12-5;1-5(10)6-3-2-4-7(8)9-6/h4-11,21,29,44H,1,12-20H2,2-3H3,(H,35,36,38);4-7,9,15,26H,1,8H2,2-3H3;2-4,7,13H,1H3;2-4H,1H3. The van der Waals surface area contributed by atoms with Gasteiger partial charge in [0.25, 0.3) is 30.4 Å². The van der Waals surface area contributed by atoms with Crippen LogP contribution < -0.4 is 21.3 Å². The molecule has 10 heterocycles. The molecule has 21 nitrogen and oxygen atoms in total. The summed E-state index contributed by atoms with van der Waals surface area (Å²) in [5.41, 5.74) is -4.84. The second-order valence-corrected chi connectivity index (χ2v) is 25.2. The second-order valence-electron chi connectivity index (χ2n) is 22.8. The van der Waals surface area contributed by atoms with Crippen LogP contribution in [0.25, 0.3) is 33.7 Å². The van der Waals surface area contributed by atoms with Crippen LogP contribution in [-0.2, 0) is 29.9 Å². The number of aliphatic hydroxyl groups is 3. The summed E-state index contributed by atoms with van der Waals surface area (Å²) in [4.78, 5) is 75.2. The number of thioether (sulfide) groups is 1. The Morgan fingerprint density at radius 1 is 0.628 bits per heavy atom. The quantitative estimate of drug-likeness (QED) is 0.0165. The highest BCUT2D eigenvalue weighted by molar-refractivity contribution is 9.10. The molecule has 0 bridgehead atoms. The third kappa shape index (κ3) is 16.4. The Labute approximate surface area is 557 Å². The van der Waals surface area contributed by atoms with Gasteiger partial charge in [-0.15, -0.1) is 13.2 Å². The summed E-state index contributed by atoms with van der Waals surface area (Å²) < 4.78 is 84.8. The maximum Gasteiger partial charge on any atom is 0.278 e. The Morgan fingerprint density at radius 3 is 1.50 bits per heavy atom. The number of hydrogen-bond donors (Lipinski definition) is 4. The first-order valence-electron chi connectivity index (χ1n) is 29.3. The SMILES string of the molecule is C=CCn1c(=O)c2cnc(Nc3ccc(N4CCC5(CCN(C)CC5)CC4)cc3)nc2n1-c1cccc(C(C)(O)C(F)F)n1.C=CCn1c(=O)c2cnc(SC)nc2n1-c1cccc(C(C)(O)C(F)F)n1.CC(=O)c1cccc(Br)n1.CC(O)(c1cccc(Br)n1)C(F)F. The van der Waals surface area contributed by atoms with E-state index in [0.29, 0.717) is 31.1 Å². The first-order chi connectivity index (χ1) is 44.5. The van der Waals surface area contributed by atoms with Crippen LogP contribution in [0.2, 0.25) is 0 Å². The fourth-order valence-electron chi connectivity index (χ4n) is 10.2. The minimum Gasteiger partial charge on any atom is -0.378 e. The molecule has 0 saturated carbocycles. The largest absolute Gasteiger partial charge is 0.378 e. The number of carbonyl (C=O) groups is 1. The molecule has 498 valence electrons. The van der Waals surface area contributed by atoms with Gasteiger partial charge in [-0.2, -0.15) is 4.98 Å². The minimum atomic E-state index is -3.06. The number of hydrogen-bond acceptors (Lipinski definition) is 18. The molecule has 8 aromatic heterocycles. The lowest BCUT2D eigenvalue weighted by Crippen LogP contribution is -2.46. The first-order valence-corrected chi connectivity index (χ1v) is 32.1. The van der Waals surface area contributed by atoms with Gasteiger partial charge in [-0.05, 0) is 183 Å². The molecule has 3 unspecified atom stereocenters. The zero-order valence-electron chi connectivity index (χ0n) is 52.0. The van der Waals surface area contributed by atoms with Gasteiger partial charge in [0.2, 0.25) is 5.95 Å². The topological polar surface area (TPSA) is 253 Å². The van der Waals surface area contributed by atoms with Crippen molar-refractivity contribution >= 4 is 88.8 Å². The average molecular weight is 1450 g/mol. The van der Waals surface area contributed by atoms with E-state index in [2.05, 4.69) is 119 Å². The Balaban J connectivity index is 0.000000190. The molecule has 9 aromatic rings. The van der Waals surface area contributed by atoms with Crippen molar-refractivity contribution in [3.05, 3.63) is 187 Å². The van der Waals surface area contributed by atoms with E-state index in [1.807, 2.05) is 12.1 Å². The van der Waals surface area contributed by atoms with E-state index in [0.717, 1.165) is 39.5 Å². The van der Waals surface area contributed by atoms with Gasteiger partial charge in [0.05, 0.1) is 30.2 Å². The number of fused-ring (bicyclic) bond motifs is 2. The number of alkyl halides is 6. The fraction of sp³-hybridized carbons (Fsp3) is 0.359. The van der Waals surface area contributed by atoms with Crippen molar-refractivity contribution in [2.24, 2.45) is 5.41 Å². The predicted octanol–water partition coefficient (Wildman–Crippen LogP) is 11.4. The van der Waals surface area contributed by atoms with E-state index < -0.39 is 36.1 Å². The van der Waals surface area contributed by atoms with Crippen molar-refractivity contribution in [1.82, 2.24) is 63.5 Å². The molecule has 30 heteroatoms. The Kier molecular flexibility index (Phi) is 23.4. The lowest BCUT2D eigenvalue weighted by Gasteiger charge is -2.46. The number of nitrogens with zero attached hydrogens (tertiary/aromatic N) is 14. The van der Waals surface area contributed by atoms with Crippen LogP contribution >= 0.6 is 43.6 Å². The van der Waals surface area contributed by atoms with Crippen LogP contribution in [-0.4, -0.2) is 143 Å². The highest BCUT2D eigenvalue weighted by Gasteiger charge is 2.40. The minimum absolute atomic E-state index is 0.0127. The number of Topliss-reactive ketones (excluding diaryl/α,β-unsaturated/α-hetero) is 1. The van der Waals surface area contributed by atoms with Gasteiger partial charge >= 0.3 is 0 Å². The number of likely N-dealkylation sites (tertiary alicyclic amines) is 1. The average Bonchev–Trinajstić information content (AvgIpc) is 1.60. The van der Waals surface area contributed by atoms with Crippen LogP contribution in [0.5, 0.6) is 0 Å². The van der Waals surface area contributed by atoms with Crippen molar-refractivity contribution < 1.29 is 46.5 Å². The van der Waals surface area contributed by atoms with Crippen LogP contribution in [0.4, 0.5) is 43.7 Å². The van der Waals surface area contributed by atoms with Crippen LogP contribution in [0.1, 0.15) is 80.9 Å². The summed E-state index contributed by atoms with van der Waals surface area (Å²) in [5, 5.41) is 33.9. The third-order valence-corrected chi connectivity index (χ3v) is 17.4. The van der Waals surface area contributed by atoms with Crippen LogP contribution in [0, 0.1) is 5.41 Å². The number of nitrogens with one attached hydrogen (secondary N) is 1. The molecule has 2 aliphatic rings. The van der Waals surface area contributed by atoms with Crippen molar-refractivity contribution in [3.8, 4) is 11.6 Å². The van der Waals surface area contributed by atoms with Gasteiger partial charge < -0.3 is 30.4 Å². The van der Waals surface area contributed by atoms with Crippen molar-refractivity contribution in [2.75, 3.05) is 49.7 Å². The number of benzene rings is 1. The molecule has 3 atom stereocenters. The molecule has 1 spiro atoms. The van der Waals surface area contributed by atoms with Gasteiger partial charge in [-0.3, -0.25) is 14.4 Å². The second kappa shape index (κ2) is 30.6. The van der Waals surface area contributed by atoms with Crippen LogP contribution in [0.3, 0.4) is 0 Å². The molecule has 0 aliphatic carbocycles. The van der Waals surface area contributed by atoms with E-state index in [9.17, 15) is 56.0 Å². The maximum absolute atomic E-state index is 13.6. The Morgan fingerprint density at radius 2 is 1.06 bits per heavy atom. The number of ketones is 1. The summed E-state index contributed by atoms with van der Waals surface area (Å²) in [7, 11) is 2.21. The number of anilines is 3. The van der Waals surface area contributed by atoms with Gasteiger partial charge in [-0.25, -0.2) is 80.0 Å². The molecule has 2 fully saturated rings. The number of pyridine rings is 4. The van der Waals surface area contributed by atoms with E-state index in [1.54, 1.807) is 54.8 Å². The Hall–Kier alpha value is -8.00. The highest BCUT2D eigenvalue weighted by Crippen LogP contribution is 2.42. The normalized spacial score (nSPS) is 15.9. The molecule has 4 N–H and O–H groups in total. The molecule has 0 radical (unpaired) electrons. The number of aromatic nitrogens is 12. The highest BCUT2D eigenvalue weighted by atomic mass is 79.9. The molecular formula is C64H69Br2F6N15O6S. The van der Waals surface area contributed by atoms with E-state index in [4.69, 9.17) is 0 Å². The number of halogens is 8. The van der Waals surface area contributed by atoms with E-state index >= 15 is 0 Å². The molecule has 94 heavy (non-hydrogen) atoms. The summed E-state index contributed by atoms with van der Waals surface area (Å²) in [5.74, 6) is 0.567. The number of rotatable bonds is 17. The summed E-state index contributed by atoms with van der Waals surface area (Å²) in [6, 6.07) is 26.6. The number of allylic oxidation sites excluding steroid dienone is 2. The molecular weight excluding hydrogens is 1380 g/mol.